The highest BCUT2D eigenvalue weighted by Crippen LogP contribution is 2.27. The highest BCUT2D eigenvalue weighted by atomic mass is 16.2. The molecule has 3 aromatic rings. The molecule has 7 nitrogen and oxygen atoms in total. The summed E-state index contributed by atoms with van der Waals surface area (Å²) in [5.74, 6) is 1.17. The number of nitrogens with zero attached hydrogens (tertiary/aromatic N) is 5. The molecule has 0 saturated carbocycles. The first kappa shape index (κ1) is 19.1. The van der Waals surface area contributed by atoms with Gasteiger partial charge in [0.05, 0.1) is 17.6 Å². The van der Waals surface area contributed by atoms with E-state index in [1.54, 1.807) is 10.9 Å². The third kappa shape index (κ3) is 4.62. The first-order valence-electron chi connectivity index (χ1n) is 10.0. The number of hydrogen-bond acceptors (Lipinski definition) is 5. The van der Waals surface area contributed by atoms with Gasteiger partial charge in [-0.1, -0.05) is 6.07 Å². The number of likely N-dealkylation sites (tertiary alicyclic amines) is 1. The largest absolute Gasteiger partial charge is 0.340 e. The molecule has 0 spiro atoms. The molecule has 7 heteroatoms. The van der Waals surface area contributed by atoms with Crippen LogP contribution in [-0.4, -0.2) is 43.6 Å². The van der Waals surface area contributed by atoms with E-state index in [0.29, 0.717) is 13.1 Å². The molecule has 1 unspecified atom stereocenters. The number of amides is 1. The SMILES string of the molecule is Cc1cc(C)n(CC(=O)N2CCCC(c3ccc(Nc4ccccn4)cn3)C2)n1. The molecule has 0 aliphatic carbocycles. The van der Waals surface area contributed by atoms with E-state index in [4.69, 9.17) is 0 Å². The third-order valence-corrected chi connectivity index (χ3v) is 5.30. The molecule has 4 heterocycles. The van der Waals surface area contributed by atoms with Crippen molar-refractivity contribution in [2.75, 3.05) is 18.4 Å². The average Bonchev–Trinajstić information content (AvgIpc) is 3.06. The van der Waals surface area contributed by atoms with E-state index >= 15 is 0 Å². The van der Waals surface area contributed by atoms with Crippen molar-refractivity contribution in [1.82, 2.24) is 24.6 Å². The van der Waals surface area contributed by atoms with Crippen molar-refractivity contribution in [3.63, 3.8) is 0 Å². The summed E-state index contributed by atoms with van der Waals surface area (Å²) in [6.07, 6.45) is 5.62. The normalized spacial score (nSPS) is 16.6. The van der Waals surface area contributed by atoms with Crippen LogP contribution in [0.5, 0.6) is 0 Å². The number of pyridine rings is 2. The van der Waals surface area contributed by atoms with Crippen LogP contribution in [0, 0.1) is 13.8 Å². The monoisotopic (exact) mass is 390 g/mol. The van der Waals surface area contributed by atoms with Crippen LogP contribution < -0.4 is 5.32 Å². The Morgan fingerprint density at radius 1 is 1.21 bits per heavy atom. The number of anilines is 2. The summed E-state index contributed by atoms with van der Waals surface area (Å²) < 4.78 is 1.79. The summed E-state index contributed by atoms with van der Waals surface area (Å²) >= 11 is 0. The molecule has 150 valence electrons. The topological polar surface area (TPSA) is 75.9 Å². The molecule has 1 fully saturated rings. The van der Waals surface area contributed by atoms with Crippen molar-refractivity contribution in [2.24, 2.45) is 0 Å². The molecule has 4 rings (SSSR count). The van der Waals surface area contributed by atoms with Gasteiger partial charge in [-0.15, -0.1) is 0 Å². The van der Waals surface area contributed by atoms with Crippen LogP contribution in [0.1, 0.15) is 35.8 Å². The van der Waals surface area contributed by atoms with Gasteiger partial charge in [-0.25, -0.2) is 4.98 Å². The Kier molecular flexibility index (Phi) is 5.55. The maximum atomic E-state index is 12.8. The number of aryl methyl sites for hydroxylation is 2. The van der Waals surface area contributed by atoms with E-state index in [0.717, 1.165) is 48.0 Å². The highest BCUT2D eigenvalue weighted by molar-refractivity contribution is 5.76. The van der Waals surface area contributed by atoms with Crippen LogP contribution in [0.3, 0.4) is 0 Å². The zero-order valence-electron chi connectivity index (χ0n) is 16.9. The van der Waals surface area contributed by atoms with Gasteiger partial charge in [0.25, 0.3) is 0 Å². The van der Waals surface area contributed by atoms with Crippen molar-refractivity contribution in [1.29, 1.82) is 0 Å². The van der Waals surface area contributed by atoms with Crippen LogP contribution in [0.25, 0.3) is 0 Å². The molecule has 3 aromatic heterocycles. The maximum absolute atomic E-state index is 12.8. The fourth-order valence-corrected chi connectivity index (χ4v) is 3.81. The smallest absolute Gasteiger partial charge is 0.244 e. The van der Waals surface area contributed by atoms with E-state index in [1.807, 2.05) is 61.3 Å². The molecule has 1 amide bonds. The Hall–Kier alpha value is -3.22. The predicted molar refractivity (Wildman–Crippen MR) is 112 cm³/mol. The van der Waals surface area contributed by atoms with Gasteiger partial charge in [0.15, 0.2) is 0 Å². The van der Waals surface area contributed by atoms with Crippen LogP contribution in [0.2, 0.25) is 0 Å². The molecule has 0 aromatic carbocycles. The summed E-state index contributed by atoms with van der Waals surface area (Å²) in [6, 6.07) is 11.8. The van der Waals surface area contributed by atoms with Crippen molar-refractivity contribution in [2.45, 2.75) is 39.2 Å². The number of hydrogen-bond donors (Lipinski definition) is 1. The quantitative estimate of drug-likeness (QED) is 0.722. The lowest BCUT2D eigenvalue weighted by molar-refractivity contribution is -0.133. The van der Waals surface area contributed by atoms with Crippen molar-refractivity contribution < 1.29 is 4.79 Å². The van der Waals surface area contributed by atoms with Crippen molar-refractivity contribution in [3.05, 3.63) is 65.9 Å². The van der Waals surface area contributed by atoms with Gasteiger partial charge >= 0.3 is 0 Å². The number of aromatic nitrogens is 4. The lowest BCUT2D eigenvalue weighted by Crippen LogP contribution is -2.41. The zero-order valence-corrected chi connectivity index (χ0v) is 16.9. The molecular weight excluding hydrogens is 364 g/mol. The Bertz CT molecular complexity index is 967. The molecule has 0 radical (unpaired) electrons. The van der Waals surface area contributed by atoms with E-state index in [9.17, 15) is 4.79 Å². The number of carbonyl (C=O) groups is 1. The molecule has 1 N–H and O–H groups in total. The standard InChI is InChI=1S/C22H26N6O/c1-16-12-17(2)28(26-16)15-22(29)27-11-5-6-18(14-27)20-9-8-19(13-24-20)25-21-7-3-4-10-23-21/h3-4,7-10,12-13,18H,5-6,11,14-15H2,1-2H3,(H,23,25). The fraction of sp³-hybridized carbons (Fsp3) is 0.364. The zero-order chi connectivity index (χ0) is 20.2. The number of rotatable bonds is 5. The van der Waals surface area contributed by atoms with Gasteiger partial charge in [0.2, 0.25) is 5.91 Å². The van der Waals surface area contributed by atoms with Gasteiger partial charge in [-0.2, -0.15) is 5.10 Å². The summed E-state index contributed by atoms with van der Waals surface area (Å²) in [5, 5.41) is 7.66. The van der Waals surface area contributed by atoms with Crippen LogP contribution in [0.4, 0.5) is 11.5 Å². The summed E-state index contributed by atoms with van der Waals surface area (Å²) in [6.45, 7) is 5.73. The van der Waals surface area contributed by atoms with Crippen LogP contribution >= 0.6 is 0 Å². The minimum Gasteiger partial charge on any atom is -0.340 e. The van der Waals surface area contributed by atoms with E-state index in [1.165, 1.54) is 0 Å². The molecule has 1 atom stereocenters. The fourth-order valence-electron chi connectivity index (χ4n) is 3.81. The highest BCUT2D eigenvalue weighted by Gasteiger charge is 2.26. The lowest BCUT2D eigenvalue weighted by Gasteiger charge is -2.32. The predicted octanol–water partition coefficient (Wildman–Crippen LogP) is 3.44. The van der Waals surface area contributed by atoms with E-state index in [-0.39, 0.29) is 11.8 Å². The van der Waals surface area contributed by atoms with Crippen LogP contribution in [-0.2, 0) is 11.3 Å². The summed E-state index contributed by atoms with van der Waals surface area (Å²) in [7, 11) is 0. The minimum atomic E-state index is 0.120. The van der Waals surface area contributed by atoms with E-state index in [2.05, 4.69) is 20.4 Å². The Morgan fingerprint density at radius 2 is 2.10 bits per heavy atom. The molecular formula is C22H26N6O. The molecule has 0 bridgehead atoms. The van der Waals surface area contributed by atoms with Gasteiger partial charge in [-0.3, -0.25) is 14.5 Å². The number of nitrogens with one attached hydrogen (secondary N) is 1. The number of carbonyl (C=O) groups excluding carboxylic acids is 1. The molecule has 1 saturated heterocycles. The number of piperidine rings is 1. The Morgan fingerprint density at radius 3 is 2.79 bits per heavy atom. The first-order chi connectivity index (χ1) is 14.1. The minimum absolute atomic E-state index is 0.120. The average molecular weight is 390 g/mol. The second-order valence-corrected chi connectivity index (χ2v) is 7.58. The molecule has 1 aliphatic rings. The van der Waals surface area contributed by atoms with Gasteiger partial charge in [-0.05, 0) is 57.0 Å². The maximum Gasteiger partial charge on any atom is 0.244 e. The molecule has 1 aliphatic heterocycles. The van der Waals surface area contributed by atoms with Gasteiger partial charge in [0.1, 0.15) is 12.4 Å². The summed E-state index contributed by atoms with van der Waals surface area (Å²) in [5.41, 5.74) is 3.89. The van der Waals surface area contributed by atoms with E-state index < -0.39 is 0 Å². The van der Waals surface area contributed by atoms with Crippen LogP contribution in [0.15, 0.2) is 48.8 Å². The van der Waals surface area contributed by atoms with Crippen molar-refractivity contribution in [3.8, 4) is 0 Å². The van der Waals surface area contributed by atoms with Gasteiger partial charge < -0.3 is 10.2 Å². The Labute approximate surface area is 170 Å². The summed E-state index contributed by atoms with van der Waals surface area (Å²) in [4.78, 5) is 23.7. The molecule has 29 heavy (non-hydrogen) atoms. The lowest BCUT2D eigenvalue weighted by atomic mass is 9.94. The second kappa shape index (κ2) is 8.43. The Balaban J connectivity index is 1.39. The first-order valence-corrected chi connectivity index (χ1v) is 10.0. The van der Waals surface area contributed by atoms with Gasteiger partial charge in [0, 0.05) is 36.6 Å². The second-order valence-electron chi connectivity index (χ2n) is 7.58. The third-order valence-electron chi connectivity index (χ3n) is 5.30. The van der Waals surface area contributed by atoms with Crippen molar-refractivity contribution >= 4 is 17.4 Å².